The van der Waals surface area contributed by atoms with Crippen LogP contribution < -0.4 is 0 Å². The van der Waals surface area contributed by atoms with Crippen LogP contribution in [0.4, 0.5) is 0 Å². The Morgan fingerprint density at radius 3 is 2.82 bits per heavy atom. The summed E-state index contributed by atoms with van der Waals surface area (Å²) in [6.45, 7) is 0. The van der Waals surface area contributed by atoms with E-state index in [1.165, 1.54) is 4.90 Å². The first-order chi connectivity index (χ1) is 8.29. The molecule has 0 amide bonds. The molecule has 17 heavy (non-hydrogen) atoms. The van der Waals surface area contributed by atoms with Crippen LogP contribution in [-0.4, -0.2) is 30.5 Å². The Balaban J connectivity index is 1.67. The van der Waals surface area contributed by atoms with Crippen LogP contribution in [0.25, 0.3) is 0 Å². The van der Waals surface area contributed by atoms with Gasteiger partial charge in [-0.1, -0.05) is 30.0 Å². The largest absolute Gasteiger partial charge is 0.380 e. The van der Waals surface area contributed by atoms with Gasteiger partial charge in [-0.3, -0.25) is 4.79 Å². The van der Waals surface area contributed by atoms with E-state index in [1.54, 1.807) is 18.9 Å². The van der Waals surface area contributed by atoms with E-state index in [4.69, 9.17) is 9.47 Å². The number of rotatable bonds is 3. The quantitative estimate of drug-likeness (QED) is 0.823. The first-order valence-corrected chi connectivity index (χ1v) is 6.61. The molecule has 4 atom stereocenters. The fraction of sp³-hybridized carbons (Fsp3) is 0.462. The number of ketones is 1. The van der Waals surface area contributed by atoms with Crippen molar-refractivity contribution in [2.45, 2.75) is 29.0 Å². The van der Waals surface area contributed by atoms with Crippen LogP contribution in [0.15, 0.2) is 35.2 Å². The van der Waals surface area contributed by atoms with Gasteiger partial charge in [0.25, 0.3) is 0 Å². The molecule has 2 aliphatic rings. The van der Waals surface area contributed by atoms with E-state index in [2.05, 4.69) is 12.1 Å². The molecule has 0 radical (unpaired) electrons. The number of thioether (sulfide) groups is 1. The Kier molecular flexibility index (Phi) is 2.94. The third-order valence-electron chi connectivity index (χ3n) is 3.26. The van der Waals surface area contributed by atoms with Gasteiger partial charge < -0.3 is 9.47 Å². The van der Waals surface area contributed by atoms with Crippen molar-refractivity contribution in [3.8, 4) is 0 Å². The van der Waals surface area contributed by atoms with E-state index < -0.39 is 0 Å². The molecule has 4 unspecified atom stereocenters. The van der Waals surface area contributed by atoms with Gasteiger partial charge in [0.2, 0.25) is 0 Å². The van der Waals surface area contributed by atoms with Crippen LogP contribution in [-0.2, 0) is 14.3 Å². The average Bonchev–Trinajstić information content (AvgIpc) is 3.01. The second kappa shape index (κ2) is 4.44. The summed E-state index contributed by atoms with van der Waals surface area (Å²) in [5.74, 6) is 0.195. The zero-order valence-electron chi connectivity index (χ0n) is 9.54. The third-order valence-corrected chi connectivity index (χ3v) is 4.37. The molecule has 0 N–H and O–H groups in total. The van der Waals surface area contributed by atoms with Crippen LogP contribution in [0.3, 0.4) is 0 Å². The highest BCUT2D eigenvalue weighted by atomic mass is 32.2. The summed E-state index contributed by atoms with van der Waals surface area (Å²) < 4.78 is 11.1. The van der Waals surface area contributed by atoms with E-state index in [0.717, 1.165) is 6.42 Å². The van der Waals surface area contributed by atoms with E-state index in [-0.39, 0.29) is 29.3 Å². The summed E-state index contributed by atoms with van der Waals surface area (Å²) in [7, 11) is 1.67. The molecule has 0 bridgehead atoms. The van der Waals surface area contributed by atoms with E-state index in [0.29, 0.717) is 0 Å². The maximum Gasteiger partial charge on any atom is 0.171 e. The summed E-state index contributed by atoms with van der Waals surface area (Å²) >= 11 is 1.66. The Bertz CT molecular complexity index is 420. The minimum Gasteiger partial charge on any atom is -0.380 e. The lowest BCUT2D eigenvalue weighted by Gasteiger charge is -2.26. The van der Waals surface area contributed by atoms with Gasteiger partial charge in [0.1, 0.15) is 11.5 Å². The highest BCUT2D eigenvalue weighted by Crippen LogP contribution is 2.45. The highest BCUT2D eigenvalue weighted by Gasteiger charge is 2.59. The number of fused-ring (bicyclic) bond motifs is 1. The molecule has 1 aromatic rings. The van der Waals surface area contributed by atoms with E-state index in [1.807, 2.05) is 18.2 Å². The fourth-order valence-corrected chi connectivity index (χ4v) is 3.37. The van der Waals surface area contributed by atoms with Gasteiger partial charge in [0.05, 0.1) is 12.0 Å². The summed E-state index contributed by atoms with van der Waals surface area (Å²) in [6.07, 6.45) is 0.598. The molecule has 4 heteroatoms. The molecule has 3 nitrogen and oxygen atoms in total. The van der Waals surface area contributed by atoms with Crippen molar-refractivity contribution in [1.82, 2.24) is 0 Å². The normalized spacial score (nSPS) is 35.5. The van der Waals surface area contributed by atoms with Crippen LogP contribution in [0, 0.1) is 5.92 Å². The lowest BCUT2D eigenvalue weighted by atomic mass is 10.1. The molecule has 1 saturated heterocycles. The Morgan fingerprint density at radius 1 is 1.35 bits per heavy atom. The Labute approximate surface area is 104 Å². The maximum absolute atomic E-state index is 11.5. The molecule has 2 fully saturated rings. The molecule has 1 saturated carbocycles. The minimum atomic E-state index is -0.213. The standard InChI is InChI=1S/C13H14O3S/c1-15-9-7-10(16-13-11(9)12(13)14)17-8-5-3-2-4-6-8/h2-6,9-11,13H,7H2,1H3. The number of hydrogen-bond acceptors (Lipinski definition) is 4. The molecule has 90 valence electrons. The fourth-order valence-electron chi connectivity index (χ4n) is 2.29. The Hall–Kier alpha value is -0.840. The minimum absolute atomic E-state index is 0.00683. The zero-order chi connectivity index (χ0) is 11.8. The lowest BCUT2D eigenvalue weighted by Crippen LogP contribution is -2.29. The number of Topliss-reactive ketones (excluding diaryl/α,β-unsaturated/α-hetero) is 1. The number of benzene rings is 1. The van der Waals surface area contributed by atoms with Gasteiger partial charge in [0.15, 0.2) is 5.78 Å². The molecule has 1 aromatic carbocycles. The van der Waals surface area contributed by atoms with Crippen LogP contribution in [0.1, 0.15) is 6.42 Å². The van der Waals surface area contributed by atoms with Crippen molar-refractivity contribution < 1.29 is 14.3 Å². The molecule has 1 aliphatic heterocycles. The van der Waals surface area contributed by atoms with Crippen molar-refractivity contribution in [1.29, 1.82) is 0 Å². The monoisotopic (exact) mass is 250 g/mol. The van der Waals surface area contributed by atoms with Gasteiger partial charge in [-0.05, 0) is 12.1 Å². The molecule has 1 heterocycles. The molecule has 3 rings (SSSR count). The van der Waals surface area contributed by atoms with Crippen molar-refractivity contribution in [2.75, 3.05) is 7.11 Å². The third kappa shape index (κ3) is 2.12. The summed E-state index contributed by atoms with van der Waals surface area (Å²) in [5, 5.41) is 0. The van der Waals surface area contributed by atoms with E-state index in [9.17, 15) is 4.79 Å². The smallest absolute Gasteiger partial charge is 0.171 e. The predicted molar refractivity (Wildman–Crippen MR) is 64.9 cm³/mol. The first-order valence-electron chi connectivity index (χ1n) is 5.73. The maximum atomic E-state index is 11.5. The summed E-state index contributed by atoms with van der Waals surface area (Å²) in [5.41, 5.74) is 0.0232. The average molecular weight is 250 g/mol. The topological polar surface area (TPSA) is 35.5 Å². The molecule has 0 aromatic heterocycles. The van der Waals surface area contributed by atoms with Gasteiger partial charge in [-0.2, -0.15) is 0 Å². The number of carbonyl (C=O) groups is 1. The first kappa shape index (κ1) is 11.3. The van der Waals surface area contributed by atoms with Crippen molar-refractivity contribution in [3.05, 3.63) is 30.3 Å². The summed E-state index contributed by atoms with van der Waals surface area (Å²) in [4.78, 5) is 12.6. The number of methoxy groups -OCH3 is 1. The van der Waals surface area contributed by atoms with Crippen molar-refractivity contribution in [3.63, 3.8) is 0 Å². The van der Waals surface area contributed by atoms with Crippen LogP contribution in [0.5, 0.6) is 0 Å². The molecule has 0 spiro atoms. The van der Waals surface area contributed by atoms with Crippen molar-refractivity contribution in [2.24, 2.45) is 5.92 Å². The van der Waals surface area contributed by atoms with Crippen molar-refractivity contribution >= 4 is 17.5 Å². The summed E-state index contributed by atoms with van der Waals surface area (Å²) in [6, 6.07) is 10.1. The SMILES string of the molecule is COC1CC(Sc2ccccc2)OC2C(=O)C12. The second-order valence-corrected chi connectivity index (χ2v) is 5.59. The van der Waals surface area contributed by atoms with Crippen LogP contribution in [0.2, 0.25) is 0 Å². The number of carbonyl (C=O) groups excluding carboxylic acids is 1. The highest BCUT2D eigenvalue weighted by molar-refractivity contribution is 7.99. The van der Waals surface area contributed by atoms with Crippen LogP contribution >= 0.6 is 11.8 Å². The van der Waals surface area contributed by atoms with Gasteiger partial charge in [0, 0.05) is 18.4 Å². The molecular formula is C13H14O3S. The molecule has 1 aliphatic carbocycles. The zero-order valence-corrected chi connectivity index (χ0v) is 10.4. The molecular weight excluding hydrogens is 236 g/mol. The number of ether oxygens (including phenoxy) is 2. The van der Waals surface area contributed by atoms with Gasteiger partial charge in [-0.25, -0.2) is 0 Å². The predicted octanol–water partition coefficient (Wildman–Crippen LogP) is 2.11. The second-order valence-electron chi connectivity index (χ2n) is 4.36. The van der Waals surface area contributed by atoms with Gasteiger partial charge in [-0.15, -0.1) is 0 Å². The van der Waals surface area contributed by atoms with Gasteiger partial charge >= 0.3 is 0 Å². The lowest BCUT2D eigenvalue weighted by molar-refractivity contribution is -0.114. The Morgan fingerprint density at radius 2 is 2.12 bits per heavy atom. The van der Waals surface area contributed by atoms with E-state index >= 15 is 0 Å². The number of hydrogen-bond donors (Lipinski definition) is 0.